The lowest BCUT2D eigenvalue weighted by Crippen LogP contribution is -2.27. The molecule has 3 aromatic carbocycles. The normalized spacial score (nSPS) is 11.0. The van der Waals surface area contributed by atoms with E-state index in [-0.39, 0.29) is 27.5 Å². The molecule has 9 nitrogen and oxygen atoms in total. The van der Waals surface area contributed by atoms with Crippen LogP contribution in [0.2, 0.25) is 5.02 Å². The maximum Gasteiger partial charge on any atom is 0.339 e. The number of hydrogen-bond donors (Lipinski definition) is 1. The van der Waals surface area contributed by atoms with Crippen LogP contribution in [0.4, 0.5) is 5.69 Å². The molecule has 0 fully saturated rings. The zero-order chi connectivity index (χ0) is 26.3. The largest absolute Gasteiger partial charge is 0.495 e. The molecule has 186 valence electrons. The Balaban J connectivity index is 1.77. The van der Waals surface area contributed by atoms with Crippen molar-refractivity contribution < 1.29 is 19.1 Å². The molecule has 2 heterocycles. The van der Waals surface area contributed by atoms with Crippen LogP contribution in [0.3, 0.4) is 0 Å². The molecule has 0 atom stereocenters. The lowest BCUT2D eigenvalue weighted by atomic mass is 10.1. The van der Waals surface area contributed by atoms with Gasteiger partial charge >= 0.3 is 5.97 Å². The molecule has 5 rings (SSSR count). The molecular weight excluding hydrogens is 496 g/mol. The summed E-state index contributed by atoms with van der Waals surface area (Å²) in [5, 5.41) is 8.62. The van der Waals surface area contributed by atoms with E-state index in [2.05, 4.69) is 10.4 Å². The van der Waals surface area contributed by atoms with E-state index in [0.717, 1.165) is 10.2 Å². The lowest BCUT2D eigenvalue weighted by molar-refractivity contribution is 0.0602. The predicted molar refractivity (Wildman–Crippen MR) is 141 cm³/mol. The highest BCUT2D eigenvalue weighted by atomic mass is 35.5. The number of fused-ring (bicyclic) bond motifs is 3. The molecule has 0 aliphatic rings. The average molecular weight is 517 g/mol. The lowest BCUT2D eigenvalue weighted by Gasteiger charge is -2.13. The summed E-state index contributed by atoms with van der Waals surface area (Å²) in [5.74, 6) is -0.774. The smallest absolute Gasteiger partial charge is 0.339 e. The third-order valence-corrected chi connectivity index (χ3v) is 6.41. The van der Waals surface area contributed by atoms with Crippen LogP contribution >= 0.6 is 11.6 Å². The number of ether oxygens (including phenoxy) is 2. The highest BCUT2D eigenvalue weighted by Gasteiger charge is 2.25. The number of halogens is 1. The monoisotopic (exact) mass is 516 g/mol. The number of nitrogens with zero attached hydrogens (tertiary/aromatic N) is 3. The van der Waals surface area contributed by atoms with Gasteiger partial charge in [-0.1, -0.05) is 41.9 Å². The van der Waals surface area contributed by atoms with E-state index < -0.39 is 17.4 Å². The summed E-state index contributed by atoms with van der Waals surface area (Å²) in [6.45, 7) is 0. The van der Waals surface area contributed by atoms with Crippen molar-refractivity contribution in [3.05, 3.63) is 93.4 Å². The van der Waals surface area contributed by atoms with Crippen molar-refractivity contribution in [2.75, 3.05) is 19.5 Å². The van der Waals surface area contributed by atoms with Gasteiger partial charge in [-0.05, 0) is 36.4 Å². The molecule has 0 aliphatic carbocycles. The van der Waals surface area contributed by atoms with Crippen LogP contribution in [0.5, 0.6) is 5.75 Å². The summed E-state index contributed by atoms with van der Waals surface area (Å²) in [7, 11) is 4.51. The Kier molecular flexibility index (Phi) is 6.14. The van der Waals surface area contributed by atoms with E-state index >= 15 is 0 Å². The summed E-state index contributed by atoms with van der Waals surface area (Å²) in [6.07, 6.45) is 0. The number of benzene rings is 3. The molecule has 0 bridgehead atoms. The van der Waals surface area contributed by atoms with E-state index in [1.165, 1.54) is 20.3 Å². The summed E-state index contributed by atoms with van der Waals surface area (Å²) >= 11 is 6.32. The van der Waals surface area contributed by atoms with Crippen LogP contribution in [0, 0.1) is 0 Å². The third-order valence-electron chi connectivity index (χ3n) is 6.11. The van der Waals surface area contributed by atoms with Crippen LogP contribution in [-0.4, -0.2) is 40.4 Å². The number of aryl methyl sites for hydroxylation is 1. The van der Waals surface area contributed by atoms with Gasteiger partial charge in [-0.2, -0.15) is 9.78 Å². The average Bonchev–Trinajstić information content (AvgIpc) is 3.21. The summed E-state index contributed by atoms with van der Waals surface area (Å²) in [5.41, 5.74) is 1.40. The maximum atomic E-state index is 13.7. The summed E-state index contributed by atoms with van der Waals surface area (Å²) in [4.78, 5) is 39.7. The van der Waals surface area contributed by atoms with E-state index in [4.69, 9.17) is 21.1 Å². The first-order valence-corrected chi connectivity index (χ1v) is 11.6. The Labute approximate surface area is 215 Å². The molecule has 10 heteroatoms. The molecule has 0 unspecified atom stereocenters. The van der Waals surface area contributed by atoms with E-state index in [9.17, 15) is 14.4 Å². The molecule has 0 radical (unpaired) electrons. The Bertz CT molecular complexity index is 1770. The molecule has 1 N–H and O–H groups in total. The fourth-order valence-corrected chi connectivity index (χ4v) is 4.61. The van der Waals surface area contributed by atoms with E-state index in [1.54, 1.807) is 48.0 Å². The van der Waals surface area contributed by atoms with Crippen LogP contribution in [-0.2, 0) is 11.8 Å². The molecule has 0 spiro atoms. The van der Waals surface area contributed by atoms with Gasteiger partial charge in [0.2, 0.25) is 0 Å². The second kappa shape index (κ2) is 9.44. The van der Waals surface area contributed by atoms with Gasteiger partial charge in [-0.15, -0.1) is 0 Å². The first-order valence-electron chi connectivity index (χ1n) is 11.2. The molecule has 5 aromatic rings. The highest BCUT2D eigenvalue weighted by Crippen LogP contribution is 2.30. The topological polar surface area (TPSA) is 104 Å². The minimum atomic E-state index is -0.605. The van der Waals surface area contributed by atoms with Crippen molar-refractivity contribution in [2.45, 2.75) is 0 Å². The van der Waals surface area contributed by atoms with Gasteiger partial charge in [0, 0.05) is 23.3 Å². The number of methoxy groups -OCH3 is 2. The van der Waals surface area contributed by atoms with Gasteiger partial charge in [0.05, 0.1) is 36.2 Å². The molecular formula is C27H21ClN4O5. The van der Waals surface area contributed by atoms with Crippen molar-refractivity contribution in [3.63, 3.8) is 0 Å². The number of rotatable bonds is 5. The number of hydrogen-bond acceptors (Lipinski definition) is 6. The summed E-state index contributed by atoms with van der Waals surface area (Å²) < 4.78 is 12.9. The van der Waals surface area contributed by atoms with E-state index in [1.807, 2.05) is 24.3 Å². The maximum absolute atomic E-state index is 13.7. The van der Waals surface area contributed by atoms with Gasteiger partial charge in [0.1, 0.15) is 11.3 Å². The van der Waals surface area contributed by atoms with Crippen LogP contribution in [0.25, 0.3) is 27.5 Å². The number of amides is 1. The molecule has 1 amide bonds. The SMILES string of the molecule is COC(=O)c1ccccc1NC(=O)c1nn(-c2ccc(OC)c(Cl)c2)c(=O)c2c1c1ccccc1n2C. The summed E-state index contributed by atoms with van der Waals surface area (Å²) in [6, 6.07) is 18.6. The molecule has 2 aromatic heterocycles. The Hall–Kier alpha value is -4.63. The van der Waals surface area contributed by atoms with Gasteiger partial charge in [-0.3, -0.25) is 9.59 Å². The minimum Gasteiger partial charge on any atom is -0.495 e. The zero-order valence-corrected chi connectivity index (χ0v) is 20.9. The van der Waals surface area contributed by atoms with Crippen molar-refractivity contribution in [2.24, 2.45) is 7.05 Å². The van der Waals surface area contributed by atoms with Gasteiger partial charge < -0.3 is 19.4 Å². The molecule has 0 aliphatic heterocycles. The Morgan fingerprint density at radius 3 is 2.46 bits per heavy atom. The standard InChI is InChI=1S/C27H21ClN4O5/c1-31-20-11-7-5-9-17(20)22-23(25(33)29-19-10-6-4-8-16(19)27(35)37-3)30-32(26(34)24(22)31)15-12-13-21(36-2)18(28)14-15/h4-14H,1-3H3,(H,29,33). The van der Waals surface area contributed by atoms with Gasteiger partial charge in [0.25, 0.3) is 11.5 Å². The fraction of sp³-hybridized carbons (Fsp3) is 0.111. The minimum absolute atomic E-state index is 0.00184. The number of nitrogens with one attached hydrogen (secondary N) is 1. The number of aromatic nitrogens is 3. The number of carbonyl (C=O) groups excluding carboxylic acids is 2. The number of anilines is 1. The van der Waals surface area contributed by atoms with Crippen molar-refractivity contribution in [1.82, 2.24) is 14.3 Å². The molecule has 37 heavy (non-hydrogen) atoms. The van der Waals surface area contributed by atoms with Gasteiger partial charge in [-0.25, -0.2) is 4.79 Å². The molecule has 0 saturated carbocycles. The van der Waals surface area contributed by atoms with Crippen molar-refractivity contribution in [1.29, 1.82) is 0 Å². The van der Waals surface area contributed by atoms with E-state index in [0.29, 0.717) is 22.2 Å². The quantitative estimate of drug-likeness (QED) is 0.343. The molecule has 0 saturated heterocycles. The van der Waals surface area contributed by atoms with Crippen LogP contribution in [0.1, 0.15) is 20.8 Å². The first-order chi connectivity index (χ1) is 17.8. The van der Waals surface area contributed by atoms with Crippen LogP contribution in [0.15, 0.2) is 71.5 Å². The third kappa shape index (κ3) is 3.99. The number of esters is 1. The second-order valence-electron chi connectivity index (χ2n) is 8.18. The number of carbonyl (C=O) groups is 2. The van der Waals surface area contributed by atoms with Crippen LogP contribution < -0.4 is 15.6 Å². The number of para-hydroxylation sites is 2. The predicted octanol–water partition coefficient (Wildman–Crippen LogP) is 4.58. The van der Waals surface area contributed by atoms with Gasteiger partial charge in [0.15, 0.2) is 5.69 Å². The Morgan fingerprint density at radius 2 is 1.73 bits per heavy atom. The van der Waals surface area contributed by atoms with Crippen molar-refractivity contribution >= 4 is 51.0 Å². The fourth-order valence-electron chi connectivity index (χ4n) is 4.36. The van der Waals surface area contributed by atoms with Crippen molar-refractivity contribution in [3.8, 4) is 11.4 Å². The second-order valence-corrected chi connectivity index (χ2v) is 8.58. The first kappa shape index (κ1) is 24.1. The Morgan fingerprint density at radius 1 is 1.00 bits per heavy atom. The zero-order valence-electron chi connectivity index (χ0n) is 20.1. The highest BCUT2D eigenvalue weighted by molar-refractivity contribution is 6.32.